The molecule has 0 aromatic heterocycles. The van der Waals surface area contributed by atoms with Crippen LogP contribution in [0, 0.1) is 0 Å². The first-order valence-electron chi connectivity index (χ1n) is 5.22. The largest absolute Gasteiger partial charge is 0.447 e. The van der Waals surface area contributed by atoms with Gasteiger partial charge in [0, 0.05) is 12.1 Å². The summed E-state index contributed by atoms with van der Waals surface area (Å²) >= 11 is 0. The molecule has 0 aliphatic carbocycles. The summed E-state index contributed by atoms with van der Waals surface area (Å²) in [5.41, 5.74) is 0. The molecule has 82 valence electrons. The van der Waals surface area contributed by atoms with Gasteiger partial charge in [0.15, 0.2) is 0 Å². The summed E-state index contributed by atoms with van der Waals surface area (Å²) in [4.78, 5) is 13.3. The molecule has 1 heterocycles. The van der Waals surface area contributed by atoms with Crippen molar-refractivity contribution in [2.75, 3.05) is 13.2 Å². The normalized spacial score (nSPS) is 27.5. The smallest absolute Gasteiger partial charge is 0.410 e. The van der Waals surface area contributed by atoms with Crippen molar-refractivity contribution < 1.29 is 14.6 Å². The number of hydrogen-bond donors (Lipinski definition) is 1. The van der Waals surface area contributed by atoms with Gasteiger partial charge in [-0.05, 0) is 33.1 Å². The number of rotatable bonds is 2. The Hall–Kier alpha value is -0.770. The number of aliphatic hydroxyl groups is 1. The molecule has 1 aliphatic heterocycles. The summed E-state index contributed by atoms with van der Waals surface area (Å²) in [7, 11) is 0. The molecule has 0 unspecified atom stereocenters. The molecular weight excluding hydrogens is 182 g/mol. The molecular formula is C10H19NO3. The fourth-order valence-electron chi connectivity index (χ4n) is 1.99. The van der Waals surface area contributed by atoms with Gasteiger partial charge in [-0.3, -0.25) is 0 Å². The van der Waals surface area contributed by atoms with E-state index in [0.717, 1.165) is 12.8 Å². The molecule has 0 spiro atoms. The highest BCUT2D eigenvalue weighted by Crippen LogP contribution is 2.22. The molecule has 0 saturated carbocycles. The van der Waals surface area contributed by atoms with E-state index in [0.29, 0.717) is 0 Å². The van der Waals surface area contributed by atoms with Gasteiger partial charge < -0.3 is 14.7 Å². The first-order chi connectivity index (χ1) is 6.66. The number of nitrogens with zero attached hydrogens (tertiary/aromatic N) is 1. The van der Waals surface area contributed by atoms with Gasteiger partial charge in [0.1, 0.15) is 6.61 Å². The third-order valence-electron chi connectivity index (χ3n) is 2.72. The van der Waals surface area contributed by atoms with Gasteiger partial charge in [0.05, 0.1) is 6.61 Å². The van der Waals surface area contributed by atoms with E-state index in [4.69, 9.17) is 9.84 Å². The predicted octanol–water partition coefficient (Wildman–Crippen LogP) is 1.38. The predicted molar refractivity (Wildman–Crippen MR) is 53.0 cm³/mol. The number of ether oxygens (including phenoxy) is 1. The molecule has 1 N–H and O–H groups in total. The van der Waals surface area contributed by atoms with Crippen LogP contribution in [-0.2, 0) is 4.74 Å². The highest BCUT2D eigenvalue weighted by atomic mass is 16.6. The number of carbonyl (C=O) groups is 1. The summed E-state index contributed by atoms with van der Waals surface area (Å²) in [6.07, 6.45) is 2.96. The van der Waals surface area contributed by atoms with Gasteiger partial charge >= 0.3 is 6.09 Å². The lowest BCUT2D eigenvalue weighted by molar-refractivity contribution is 0.0455. The average Bonchev–Trinajstić information content (AvgIpc) is 2.14. The minimum atomic E-state index is -0.293. The number of likely N-dealkylation sites (tertiary alicyclic amines) is 1. The third-order valence-corrected chi connectivity index (χ3v) is 2.72. The number of amides is 1. The highest BCUT2D eigenvalue weighted by molar-refractivity contribution is 5.68. The highest BCUT2D eigenvalue weighted by Gasteiger charge is 2.29. The second kappa shape index (κ2) is 5.20. The minimum Gasteiger partial charge on any atom is -0.447 e. The maximum atomic E-state index is 11.6. The Balaban J connectivity index is 2.49. The van der Waals surface area contributed by atoms with Crippen molar-refractivity contribution in [3.63, 3.8) is 0 Å². The van der Waals surface area contributed by atoms with Crippen LogP contribution in [-0.4, -0.2) is 41.4 Å². The van der Waals surface area contributed by atoms with E-state index in [1.165, 1.54) is 6.42 Å². The van der Waals surface area contributed by atoms with Crippen molar-refractivity contribution in [1.82, 2.24) is 4.90 Å². The van der Waals surface area contributed by atoms with Gasteiger partial charge in [-0.25, -0.2) is 4.79 Å². The van der Waals surface area contributed by atoms with Crippen LogP contribution in [0.1, 0.15) is 33.1 Å². The lowest BCUT2D eigenvalue weighted by Crippen LogP contribution is -2.47. The Morgan fingerprint density at radius 3 is 2.50 bits per heavy atom. The van der Waals surface area contributed by atoms with Crippen LogP contribution < -0.4 is 0 Å². The van der Waals surface area contributed by atoms with Crippen LogP contribution in [0.4, 0.5) is 4.79 Å². The van der Waals surface area contributed by atoms with Crippen molar-refractivity contribution >= 4 is 6.09 Å². The third kappa shape index (κ3) is 2.61. The van der Waals surface area contributed by atoms with E-state index < -0.39 is 0 Å². The van der Waals surface area contributed by atoms with Gasteiger partial charge in [-0.15, -0.1) is 0 Å². The summed E-state index contributed by atoms with van der Waals surface area (Å²) in [5.74, 6) is 0. The zero-order chi connectivity index (χ0) is 10.6. The molecule has 0 bridgehead atoms. The summed E-state index contributed by atoms with van der Waals surface area (Å²) in [6.45, 7) is 4.06. The number of carbonyl (C=O) groups excluding carboxylic acids is 1. The van der Waals surface area contributed by atoms with E-state index in [1.54, 1.807) is 4.90 Å². The quantitative estimate of drug-likeness (QED) is 0.734. The van der Waals surface area contributed by atoms with E-state index in [9.17, 15) is 4.79 Å². The van der Waals surface area contributed by atoms with Crippen LogP contribution in [0.2, 0.25) is 0 Å². The van der Waals surface area contributed by atoms with Crippen molar-refractivity contribution in [3.05, 3.63) is 0 Å². The molecule has 4 nitrogen and oxygen atoms in total. The molecule has 1 amide bonds. The minimum absolute atomic E-state index is 0.0920. The van der Waals surface area contributed by atoms with Crippen molar-refractivity contribution in [1.29, 1.82) is 0 Å². The van der Waals surface area contributed by atoms with Gasteiger partial charge in [0.2, 0.25) is 0 Å². The van der Waals surface area contributed by atoms with Crippen molar-refractivity contribution in [3.8, 4) is 0 Å². The molecule has 1 saturated heterocycles. The summed E-state index contributed by atoms with van der Waals surface area (Å²) in [5, 5.41) is 8.55. The fraction of sp³-hybridized carbons (Fsp3) is 0.900. The Morgan fingerprint density at radius 1 is 1.43 bits per heavy atom. The number of hydrogen-bond acceptors (Lipinski definition) is 3. The second-order valence-corrected chi connectivity index (χ2v) is 3.87. The molecule has 1 rings (SSSR count). The molecule has 14 heavy (non-hydrogen) atoms. The van der Waals surface area contributed by atoms with E-state index in [-0.39, 0.29) is 31.4 Å². The number of aliphatic hydroxyl groups excluding tert-OH is 1. The lowest BCUT2D eigenvalue weighted by atomic mass is 9.98. The first kappa shape index (κ1) is 11.3. The molecule has 0 aromatic rings. The van der Waals surface area contributed by atoms with E-state index >= 15 is 0 Å². The standard InChI is InChI=1S/C10H19NO3/c1-8-4-3-5-9(2)11(8)10(13)14-7-6-12/h8-9,12H,3-7H2,1-2H3/t8-,9+. The molecule has 4 heteroatoms. The van der Waals surface area contributed by atoms with Gasteiger partial charge in [-0.1, -0.05) is 0 Å². The maximum Gasteiger partial charge on any atom is 0.410 e. The monoisotopic (exact) mass is 201 g/mol. The van der Waals surface area contributed by atoms with Crippen molar-refractivity contribution in [2.45, 2.75) is 45.2 Å². The molecule has 1 fully saturated rings. The zero-order valence-electron chi connectivity index (χ0n) is 8.90. The van der Waals surface area contributed by atoms with E-state index in [2.05, 4.69) is 0 Å². The average molecular weight is 201 g/mol. The fourth-order valence-corrected chi connectivity index (χ4v) is 1.99. The Bertz CT molecular complexity index is 186. The van der Waals surface area contributed by atoms with Crippen LogP contribution >= 0.6 is 0 Å². The Labute approximate surface area is 84.8 Å². The Kier molecular flexibility index (Phi) is 4.20. The van der Waals surface area contributed by atoms with E-state index in [1.807, 2.05) is 13.8 Å². The molecule has 0 aromatic carbocycles. The van der Waals surface area contributed by atoms with Crippen molar-refractivity contribution in [2.24, 2.45) is 0 Å². The topological polar surface area (TPSA) is 49.8 Å². The van der Waals surface area contributed by atoms with Gasteiger partial charge in [0.25, 0.3) is 0 Å². The molecule has 2 atom stereocenters. The lowest BCUT2D eigenvalue weighted by Gasteiger charge is -2.37. The first-order valence-corrected chi connectivity index (χ1v) is 5.22. The van der Waals surface area contributed by atoms with Crippen LogP contribution in [0.3, 0.4) is 0 Å². The summed E-state index contributed by atoms with van der Waals surface area (Å²) < 4.78 is 4.91. The summed E-state index contributed by atoms with van der Waals surface area (Å²) in [6, 6.07) is 0.509. The van der Waals surface area contributed by atoms with Crippen LogP contribution in [0.5, 0.6) is 0 Å². The zero-order valence-corrected chi connectivity index (χ0v) is 8.90. The van der Waals surface area contributed by atoms with Crippen LogP contribution in [0.15, 0.2) is 0 Å². The van der Waals surface area contributed by atoms with Gasteiger partial charge in [-0.2, -0.15) is 0 Å². The molecule has 0 radical (unpaired) electrons. The maximum absolute atomic E-state index is 11.6. The number of piperidine rings is 1. The van der Waals surface area contributed by atoms with Crippen LogP contribution in [0.25, 0.3) is 0 Å². The Morgan fingerprint density at radius 2 is 2.00 bits per heavy atom. The molecule has 1 aliphatic rings. The SMILES string of the molecule is C[C@@H]1CCC[C@H](C)N1C(=O)OCCO. The second-order valence-electron chi connectivity index (χ2n) is 3.87.